The number of amides is 1. The van der Waals surface area contributed by atoms with Crippen LogP contribution in [0.3, 0.4) is 0 Å². The van der Waals surface area contributed by atoms with Crippen molar-refractivity contribution < 1.29 is 17.9 Å². The van der Waals surface area contributed by atoms with Gasteiger partial charge in [0.2, 0.25) is 0 Å². The number of sulfonamides is 1. The highest BCUT2D eigenvalue weighted by molar-refractivity contribution is 7.92. The van der Waals surface area contributed by atoms with Gasteiger partial charge < -0.3 is 10.1 Å². The Bertz CT molecular complexity index is 1600. The molecule has 0 radical (unpaired) electrons. The van der Waals surface area contributed by atoms with Gasteiger partial charge in [-0.05, 0) is 65.9 Å². The molecule has 214 valence electrons. The van der Waals surface area contributed by atoms with Crippen LogP contribution in [0.2, 0.25) is 5.02 Å². The Morgan fingerprint density at radius 1 is 0.878 bits per heavy atom. The number of para-hydroxylation sites is 2. The molecule has 0 saturated carbocycles. The third-order valence-corrected chi connectivity index (χ3v) is 8.63. The molecule has 0 aliphatic rings. The number of hydrogen-bond donors (Lipinski definition) is 1. The van der Waals surface area contributed by atoms with Crippen molar-refractivity contribution in [2.45, 2.75) is 44.6 Å². The lowest BCUT2D eigenvalue weighted by Gasteiger charge is -2.27. The van der Waals surface area contributed by atoms with Gasteiger partial charge >= 0.3 is 0 Å². The smallest absolute Gasteiger partial charge is 0.264 e. The van der Waals surface area contributed by atoms with Crippen LogP contribution in [0.1, 0.15) is 47.8 Å². The number of hydrogen-bond acceptors (Lipinski definition) is 4. The highest BCUT2D eigenvalue weighted by atomic mass is 35.5. The zero-order valence-electron chi connectivity index (χ0n) is 23.7. The molecule has 0 heterocycles. The number of ether oxygens (including phenoxy) is 1. The Hall–Kier alpha value is -3.81. The summed E-state index contributed by atoms with van der Waals surface area (Å²) < 4.78 is 35.2. The van der Waals surface area contributed by atoms with Crippen molar-refractivity contribution in [3.63, 3.8) is 0 Å². The van der Waals surface area contributed by atoms with Crippen LogP contribution < -0.4 is 14.4 Å². The van der Waals surface area contributed by atoms with Gasteiger partial charge in [0.05, 0.1) is 29.2 Å². The number of rotatable bonds is 10. The molecule has 0 aromatic heterocycles. The quantitative estimate of drug-likeness (QED) is 0.199. The second kappa shape index (κ2) is 12.8. The molecule has 0 spiro atoms. The number of benzene rings is 4. The number of aryl methyl sites for hydroxylation is 1. The molecule has 1 amide bonds. The fraction of sp³-hybridized carbons (Fsp3) is 0.242. The van der Waals surface area contributed by atoms with Crippen molar-refractivity contribution in [2.24, 2.45) is 0 Å². The van der Waals surface area contributed by atoms with Crippen LogP contribution in [0.25, 0.3) is 0 Å². The van der Waals surface area contributed by atoms with Crippen LogP contribution in [0, 0.1) is 6.92 Å². The molecule has 0 fully saturated rings. The highest BCUT2D eigenvalue weighted by Gasteiger charge is 2.28. The van der Waals surface area contributed by atoms with E-state index in [2.05, 4.69) is 26.1 Å². The van der Waals surface area contributed by atoms with Gasteiger partial charge in [0, 0.05) is 5.02 Å². The molecule has 0 saturated heterocycles. The molecule has 8 heteroatoms. The van der Waals surface area contributed by atoms with Gasteiger partial charge in [-0.2, -0.15) is 0 Å². The number of carbonyl (C=O) groups is 1. The van der Waals surface area contributed by atoms with Gasteiger partial charge in [0.15, 0.2) is 0 Å². The van der Waals surface area contributed by atoms with Crippen LogP contribution in [0.5, 0.6) is 5.75 Å². The number of halogens is 1. The first-order valence-electron chi connectivity index (χ1n) is 13.4. The molecule has 4 aromatic carbocycles. The summed E-state index contributed by atoms with van der Waals surface area (Å²) in [7, 11) is -4.02. The van der Waals surface area contributed by atoms with Crippen LogP contribution >= 0.6 is 11.6 Å². The van der Waals surface area contributed by atoms with Crippen LogP contribution in [-0.2, 0) is 22.0 Å². The first-order valence-corrected chi connectivity index (χ1v) is 15.2. The zero-order chi connectivity index (χ0) is 29.6. The van der Waals surface area contributed by atoms with Gasteiger partial charge in [0.1, 0.15) is 12.4 Å². The SMILES string of the molecule is Cc1ccc(S(=O)(=O)N(Cc2ccc(Cl)cc2)c2ccccc2C(=O)NCCOc2ccccc2C(C)(C)C)cc1. The second-order valence-electron chi connectivity index (χ2n) is 10.8. The van der Waals surface area contributed by atoms with Crippen LogP contribution in [0.4, 0.5) is 5.69 Å². The van der Waals surface area contributed by atoms with E-state index in [4.69, 9.17) is 16.3 Å². The summed E-state index contributed by atoms with van der Waals surface area (Å²) in [4.78, 5) is 13.5. The van der Waals surface area contributed by atoms with E-state index in [1.54, 1.807) is 72.8 Å². The third-order valence-electron chi connectivity index (χ3n) is 6.61. The van der Waals surface area contributed by atoms with Crippen molar-refractivity contribution in [3.8, 4) is 5.75 Å². The first-order chi connectivity index (χ1) is 19.5. The summed E-state index contributed by atoms with van der Waals surface area (Å²) >= 11 is 6.07. The van der Waals surface area contributed by atoms with Crippen molar-refractivity contribution in [3.05, 3.63) is 124 Å². The maximum Gasteiger partial charge on any atom is 0.264 e. The summed E-state index contributed by atoms with van der Waals surface area (Å²) in [6.07, 6.45) is 0. The van der Waals surface area contributed by atoms with E-state index >= 15 is 0 Å². The summed E-state index contributed by atoms with van der Waals surface area (Å²) in [6.45, 7) is 8.78. The van der Waals surface area contributed by atoms with Gasteiger partial charge in [-0.15, -0.1) is 0 Å². The van der Waals surface area contributed by atoms with E-state index in [1.165, 1.54) is 4.31 Å². The number of carbonyl (C=O) groups excluding carboxylic acids is 1. The third kappa shape index (κ3) is 7.48. The normalized spacial score (nSPS) is 11.6. The van der Waals surface area contributed by atoms with Gasteiger partial charge in [-0.25, -0.2) is 8.42 Å². The molecular formula is C33H35ClN2O4S. The average Bonchev–Trinajstić information content (AvgIpc) is 2.95. The Labute approximate surface area is 248 Å². The molecule has 0 unspecified atom stereocenters. The lowest BCUT2D eigenvalue weighted by molar-refractivity contribution is 0.0947. The van der Waals surface area contributed by atoms with E-state index in [-0.39, 0.29) is 41.3 Å². The number of nitrogens with zero attached hydrogens (tertiary/aromatic N) is 1. The summed E-state index contributed by atoms with van der Waals surface area (Å²) in [5, 5.41) is 3.44. The molecule has 0 aliphatic carbocycles. The van der Waals surface area contributed by atoms with Crippen molar-refractivity contribution in [1.82, 2.24) is 5.32 Å². The minimum atomic E-state index is -4.02. The monoisotopic (exact) mass is 590 g/mol. The predicted molar refractivity (Wildman–Crippen MR) is 165 cm³/mol. The molecule has 0 aliphatic heterocycles. The predicted octanol–water partition coefficient (Wildman–Crippen LogP) is 7.15. The summed E-state index contributed by atoms with van der Waals surface area (Å²) in [6, 6.07) is 28.2. The minimum Gasteiger partial charge on any atom is -0.491 e. The molecule has 1 N–H and O–H groups in total. The van der Waals surface area contributed by atoms with E-state index in [9.17, 15) is 13.2 Å². The van der Waals surface area contributed by atoms with E-state index in [0.717, 1.165) is 22.4 Å². The Kier molecular flexibility index (Phi) is 9.41. The maximum absolute atomic E-state index is 14.0. The first kappa shape index (κ1) is 30.2. The standard InChI is InChI=1S/C33H35ClN2O4S/c1-24-13-19-27(20-14-24)41(38,39)36(23-25-15-17-26(34)18-16-25)30-11-7-5-9-28(30)32(37)35-21-22-40-31-12-8-6-10-29(31)33(2,3)4/h5-20H,21-23H2,1-4H3,(H,35,37). The molecule has 0 atom stereocenters. The van der Waals surface area contributed by atoms with E-state index in [0.29, 0.717) is 5.02 Å². The van der Waals surface area contributed by atoms with Crippen molar-refractivity contribution in [1.29, 1.82) is 0 Å². The van der Waals surface area contributed by atoms with Crippen LogP contribution in [-0.4, -0.2) is 27.5 Å². The Balaban J connectivity index is 1.59. The fourth-order valence-electron chi connectivity index (χ4n) is 4.41. The highest BCUT2D eigenvalue weighted by Crippen LogP contribution is 2.31. The van der Waals surface area contributed by atoms with E-state index in [1.807, 2.05) is 31.2 Å². The lowest BCUT2D eigenvalue weighted by atomic mass is 9.86. The maximum atomic E-state index is 14.0. The second-order valence-corrected chi connectivity index (χ2v) is 13.1. The number of nitrogens with one attached hydrogen (secondary N) is 1. The van der Waals surface area contributed by atoms with Gasteiger partial charge in [0.25, 0.3) is 15.9 Å². The Morgan fingerprint density at radius 3 is 2.20 bits per heavy atom. The molecule has 0 bridgehead atoms. The van der Waals surface area contributed by atoms with Crippen molar-refractivity contribution >= 4 is 33.2 Å². The van der Waals surface area contributed by atoms with Gasteiger partial charge in [-0.1, -0.05) is 92.5 Å². The Morgan fingerprint density at radius 2 is 1.51 bits per heavy atom. The number of anilines is 1. The molecular weight excluding hydrogens is 556 g/mol. The van der Waals surface area contributed by atoms with Crippen LogP contribution in [0.15, 0.2) is 102 Å². The molecule has 4 aromatic rings. The summed E-state index contributed by atoms with van der Waals surface area (Å²) in [5.41, 5.74) is 3.18. The fourth-order valence-corrected chi connectivity index (χ4v) is 6.01. The lowest BCUT2D eigenvalue weighted by Crippen LogP contribution is -2.34. The minimum absolute atomic E-state index is 0.0182. The largest absolute Gasteiger partial charge is 0.491 e. The topological polar surface area (TPSA) is 75.7 Å². The van der Waals surface area contributed by atoms with Crippen molar-refractivity contribution in [2.75, 3.05) is 17.5 Å². The van der Waals surface area contributed by atoms with E-state index < -0.39 is 15.9 Å². The molecule has 6 nitrogen and oxygen atoms in total. The molecule has 41 heavy (non-hydrogen) atoms. The molecule has 4 rings (SSSR count). The summed E-state index contributed by atoms with van der Waals surface area (Å²) in [5.74, 6) is 0.376. The average molecular weight is 591 g/mol. The van der Waals surface area contributed by atoms with Gasteiger partial charge in [-0.3, -0.25) is 9.10 Å². The zero-order valence-corrected chi connectivity index (χ0v) is 25.3.